The van der Waals surface area contributed by atoms with Gasteiger partial charge in [-0.15, -0.1) is 0 Å². The van der Waals surface area contributed by atoms with Crippen molar-refractivity contribution in [1.82, 2.24) is 19.9 Å². The predicted molar refractivity (Wildman–Crippen MR) is 100 cm³/mol. The monoisotopic (exact) mass is 333 g/mol. The number of aromatic nitrogens is 3. The molecule has 3 aliphatic rings. The Morgan fingerprint density at radius 1 is 1.12 bits per heavy atom. The first-order chi connectivity index (χ1) is 12.3. The van der Waals surface area contributed by atoms with E-state index < -0.39 is 0 Å². The molecular formula is C20H23N5. The second-order valence-corrected chi connectivity index (χ2v) is 7.32. The van der Waals surface area contributed by atoms with E-state index in [1.54, 1.807) is 0 Å². The summed E-state index contributed by atoms with van der Waals surface area (Å²) >= 11 is 0. The van der Waals surface area contributed by atoms with Gasteiger partial charge in [0.1, 0.15) is 0 Å². The van der Waals surface area contributed by atoms with Crippen LogP contribution in [0.2, 0.25) is 0 Å². The molecule has 25 heavy (non-hydrogen) atoms. The van der Waals surface area contributed by atoms with Gasteiger partial charge in [-0.3, -0.25) is 4.90 Å². The Balaban J connectivity index is 1.40. The van der Waals surface area contributed by atoms with Gasteiger partial charge in [0.25, 0.3) is 0 Å². The Bertz CT molecular complexity index is 874. The van der Waals surface area contributed by atoms with E-state index in [2.05, 4.69) is 56.4 Å². The Morgan fingerprint density at radius 3 is 2.68 bits per heavy atom. The number of hydrogen-bond donors (Lipinski definition) is 2. The first kappa shape index (κ1) is 14.9. The molecule has 3 fully saturated rings. The SMILES string of the molecule is C[C@@H]1[C@@H](Nc2ncc(-c3cccc4[nH]ccc34)cn2)C2CCN1CC2. The molecule has 2 aromatic heterocycles. The van der Waals surface area contributed by atoms with Gasteiger partial charge in [-0.2, -0.15) is 0 Å². The van der Waals surface area contributed by atoms with Crippen LogP contribution in [0.3, 0.4) is 0 Å². The third-order valence-corrected chi connectivity index (χ3v) is 6.03. The maximum Gasteiger partial charge on any atom is 0.222 e. The van der Waals surface area contributed by atoms with Crippen molar-refractivity contribution in [2.45, 2.75) is 31.8 Å². The van der Waals surface area contributed by atoms with E-state index in [1.165, 1.54) is 36.9 Å². The lowest BCUT2D eigenvalue weighted by Gasteiger charge is -2.49. The highest BCUT2D eigenvalue weighted by Gasteiger charge is 2.39. The molecule has 0 aliphatic carbocycles. The van der Waals surface area contributed by atoms with Crippen LogP contribution in [-0.2, 0) is 0 Å². The van der Waals surface area contributed by atoms with Gasteiger partial charge >= 0.3 is 0 Å². The van der Waals surface area contributed by atoms with E-state index in [0.29, 0.717) is 12.1 Å². The Morgan fingerprint density at radius 2 is 1.92 bits per heavy atom. The molecule has 0 unspecified atom stereocenters. The number of aromatic amines is 1. The number of nitrogens with zero attached hydrogens (tertiary/aromatic N) is 3. The molecule has 3 aromatic rings. The standard InChI is InChI=1S/C20H23N5/c1-13-19(14-6-9-25(13)10-7-14)24-20-22-11-15(12-23-20)16-3-2-4-18-17(16)5-8-21-18/h2-5,8,11-14,19,21H,6-7,9-10H2,1H3,(H,22,23,24)/t13-,19-/m1/s1. The van der Waals surface area contributed by atoms with Gasteiger partial charge in [0.05, 0.1) is 0 Å². The van der Waals surface area contributed by atoms with Gasteiger partial charge in [0.15, 0.2) is 0 Å². The van der Waals surface area contributed by atoms with E-state index in [9.17, 15) is 0 Å². The van der Waals surface area contributed by atoms with Crippen molar-refractivity contribution in [2.24, 2.45) is 5.92 Å². The van der Waals surface area contributed by atoms with Gasteiger partial charge in [0, 0.05) is 47.1 Å². The van der Waals surface area contributed by atoms with Crippen LogP contribution in [0.15, 0.2) is 42.9 Å². The van der Waals surface area contributed by atoms with E-state index in [0.717, 1.165) is 22.9 Å². The van der Waals surface area contributed by atoms with Crippen LogP contribution >= 0.6 is 0 Å². The number of rotatable bonds is 3. The fourth-order valence-electron chi connectivity index (χ4n) is 4.57. The fraction of sp³-hybridized carbons (Fsp3) is 0.400. The second kappa shape index (κ2) is 5.85. The normalized spacial score (nSPS) is 28.4. The van der Waals surface area contributed by atoms with Crippen LogP contribution in [-0.4, -0.2) is 45.0 Å². The van der Waals surface area contributed by atoms with Gasteiger partial charge < -0.3 is 10.3 Å². The molecule has 1 aromatic carbocycles. The molecule has 0 radical (unpaired) electrons. The molecule has 6 rings (SSSR count). The topological polar surface area (TPSA) is 56.8 Å². The molecule has 3 saturated heterocycles. The summed E-state index contributed by atoms with van der Waals surface area (Å²) < 4.78 is 0. The number of nitrogens with one attached hydrogen (secondary N) is 2. The number of anilines is 1. The summed E-state index contributed by atoms with van der Waals surface area (Å²) in [6.45, 7) is 4.80. The number of hydrogen-bond acceptors (Lipinski definition) is 4. The molecule has 0 amide bonds. The van der Waals surface area contributed by atoms with Gasteiger partial charge in [0.2, 0.25) is 5.95 Å². The van der Waals surface area contributed by atoms with Crippen molar-refractivity contribution in [2.75, 3.05) is 18.4 Å². The molecule has 3 aliphatic heterocycles. The molecule has 5 heterocycles. The summed E-state index contributed by atoms with van der Waals surface area (Å²) in [4.78, 5) is 15.1. The third kappa shape index (κ3) is 2.50. The van der Waals surface area contributed by atoms with Crippen molar-refractivity contribution < 1.29 is 0 Å². The van der Waals surface area contributed by atoms with E-state index in [1.807, 2.05) is 18.6 Å². The van der Waals surface area contributed by atoms with Crippen LogP contribution in [0.5, 0.6) is 0 Å². The molecule has 5 heteroatoms. The summed E-state index contributed by atoms with van der Waals surface area (Å²) in [5, 5.41) is 4.81. The minimum absolute atomic E-state index is 0.460. The lowest BCUT2D eigenvalue weighted by Crippen LogP contribution is -2.59. The molecular weight excluding hydrogens is 310 g/mol. The van der Waals surface area contributed by atoms with E-state index in [-0.39, 0.29) is 0 Å². The Labute approximate surface area is 147 Å². The zero-order chi connectivity index (χ0) is 16.8. The second-order valence-electron chi connectivity index (χ2n) is 7.32. The van der Waals surface area contributed by atoms with Crippen LogP contribution < -0.4 is 5.32 Å². The quantitative estimate of drug-likeness (QED) is 0.770. The molecule has 128 valence electrons. The van der Waals surface area contributed by atoms with Gasteiger partial charge in [-0.1, -0.05) is 12.1 Å². The molecule has 2 bridgehead atoms. The van der Waals surface area contributed by atoms with Crippen molar-refractivity contribution in [1.29, 1.82) is 0 Å². The Kier molecular flexibility index (Phi) is 3.48. The highest BCUT2D eigenvalue weighted by Crippen LogP contribution is 2.34. The number of fused-ring (bicyclic) bond motifs is 4. The maximum atomic E-state index is 4.61. The lowest BCUT2D eigenvalue weighted by molar-refractivity contribution is 0.0455. The van der Waals surface area contributed by atoms with Crippen LogP contribution in [0.25, 0.3) is 22.0 Å². The van der Waals surface area contributed by atoms with Crippen LogP contribution in [0, 0.1) is 5.92 Å². The number of benzene rings is 1. The zero-order valence-corrected chi connectivity index (χ0v) is 14.4. The van der Waals surface area contributed by atoms with Crippen molar-refractivity contribution in [3.63, 3.8) is 0 Å². The smallest absolute Gasteiger partial charge is 0.222 e. The summed E-state index contributed by atoms with van der Waals surface area (Å²) in [6.07, 6.45) is 8.41. The van der Waals surface area contributed by atoms with E-state index >= 15 is 0 Å². The van der Waals surface area contributed by atoms with Crippen molar-refractivity contribution in [3.8, 4) is 11.1 Å². The lowest BCUT2D eigenvalue weighted by atomic mass is 9.79. The predicted octanol–water partition coefficient (Wildman–Crippen LogP) is 3.52. The summed E-state index contributed by atoms with van der Waals surface area (Å²) in [5.41, 5.74) is 3.36. The third-order valence-electron chi connectivity index (χ3n) is 6.03. The van der Waals surface area contributed by atoms with Crippen molar-refractivity contribution in [3.05, 3.63) is 42.9 Å². The number of piperidine rings is 3. The largest absolute Gasteiger partial charge is 0.361 e. The van der Waals surface area contributed by atoms with Crippen LogP contribution in [0.4, 0.5) is 5.95 Å². The zero-order valence-electron chi connectivity index (χ0n) is 14.4. The highest BCUT2D eigenvalue weighted by atomic mass is 15.2. The Hall–Kier alpha value is -2.40. The molecule has 0 saturated carbocycles. The highest BCUT2D eigenvalue weighted by molar-refractivity contribution is 5.94. The van der Waals surface area contributed by atoms with Crippen molar-refractivity contribution >= 4 is 16.9 Å². The summed E-state index contributed by atoms with van der Waals surface area (Å²) in [7, 11) is 0. The average molecular weight is 333 g/mol. The molecule has 2 N–H and O–H groups in total. The minimum Gasteiger partial charge on any atom is -0.361 e. The minimum atomic E-state index is 0.460. The van der Waals surface area contributed by atoms with E-state index in [4.69, 9.17) is 0 Å². The van der Waals surface area contributed by atoms with Gasteiger partial charge in [-0.05, 0) is 56.5 Å². The number of H-pyrrole nitrogens is 1. The molecule has 0 spiro atoms. The first-order valence-electron chi connectivity index (χ1n) is 9.19. The summed E-state index contributed by atoms with van der Waals surface area (Å²) in [5.74, 6) is 1.49. The molecule has 5 nitrogen and oxygen atoms in total. The molecule has 2 atom stereocenters. The summed E-state index contributed by atoms with van der Waals surface area (Å²) in [6, 6.07) is 9.40. The van der Waals surface area contributed by atoms with Crippen LogP contribution in [0.1, 0.15) is 19.8 Å². The fourth-order valence-corrected chi connectivity index (χ4v) is 4.57. The average Bonchev–Trinajstić information content (AvgIpc) is 3.14. The maximum absolute atomic E-state index is 4.61. The van der Waals surface area contributed by atoms with Gasteiger partial charge in [-0.25, -0.2) is 9.97 Å². The first-order valence-corrected chi connectivity index (χ1v) is 9.19.